The summed E-state index contributed by atoms with van der Waals surface area (Å²) >= 11 is 1.36. The number of hydrogen-bond acceptors (Lipinski definition) is 5. The van der Waals surface area contributed by atoms with Gasteiger partial charge in [-0.3, -0.25) is 4.79 Å². The molecule has 1 amide bonds. The standard InChI is InChI=1S/C23H20FN3O2S/c1-15(22(28)25-14-18-5-4-12-29-18)30-23-21(13-16-8-10-17(24)11-9-16)26-19-6-2-3-7-20(19)27-23/h2-12,15H,13-14H2,1H3,(H,25,28)/t15-/m0/s1. The highest BCUT2D eigenvalue weighted by molar-refractivity contribution is 8.00. The third-order valence-electron chi connectivity index (χ3n) is 4.57. The van der Waals surface area contributed by atoms with E-state index in [1.54, 1.807) is 24.5 Å². The molecule has 2 heterocycles. The fourth-order valence-corrected chi connectivity index (χ4v) is 3.91. The zero-order chi connectivity index (χ0) is 20.9. The van der Waals surface area contributed by atoms with Gasteiger partial charge in [0, 0.05) is 6.42 Å². The number of furan rings is 1. The third kappa shape index (κ3) is 4.86. The summed E-state index contributed by atoms with van der Waals surface area (Å²) in [6.07, 6.45) is 2.08. The quantitative estimate of drug-likeness (QED) is 0.436. The number of halogens is 1. The van der Waals surface area contributed by atoms with Crippen molar-refractivity contribution in [1.82, 2.24) is 15.3 Å². The number of nitrogens with one attached hydrogen (secondary N) is 1. The predicted molar refractivity (Wildman–Crippen MR) is 115 cm³/mol. The maximum atomic E-state index is 13.3. The molecule has 4 aromatic rings. The summed E-state index contributed by atoms with van der Waals surface area (Å²) < 4.78 is 18.5. The van der Waals surface area contributed by atoms with Crippen molar-refractivity contribution in [3.63, 3.8) is 0 Å². The van der Waals surface area contributed by atoms with Crippen molar-refractivity contribution in [3.8, 4) is 0 Å². The number of carbonyl (C=O) groups excluding carboxylic acids is 1. The molecule has 0 unspecified atom stereocenters. The van der Waals surface area contributed by atoms with Crippen LogP contribution in [0.2, 0.25) is 0 Å². The Labute approximate surface area is 177 Å². The first-order valence-electron chi connectivity index (χ1n) is 9.55. The summed E-state index contributed by atoms with van der Waals surface area (Å²) in [6.45, 7) is 2.17. The molecule has 0 spiro atoms. The van der Waals surface area contributed by atoms with E-state index in [2.05, 4.69) is 5.32 Å². The van der Waals surface area contributed by atoms with Crippen LogP contribution in [-0.2, 0) is 17.8 Å². The lowest BCUT2D eigenvalue weighted by atomic mass is 10.1. The van der Waals surface area contributed by atoms with Crippen LogP contribution in [0, 0.1) is 5.82 Å². The smallest absolute Gasteiger partial charge is 0.233 e. The van der Waals surface area contributed by atoms with E-state index in [9.17, 15) is 9.18 Å². The van der Waals surface area contributed by atoms with E-state index in [1.807, 2.05) is 37.3 Å². The van der Waals surface area contributed by atoms with Gasteiger partial charge in [0.15, 0.2) is 0 Å². The van der Waals surface area contributed by atoms with E-state index in [0.29, 0.717) is 23.8 Å². The Morgan fingerprint density at radius 1 is 1.07 bits per heavy atom. The number of para-hydroxylation sites is 2. The van der Waals surface area contributed by atoms with E-state index >= 15 is 0 Å². The SMILES string of the molecule is C[C@H](Sc1nc2ccccc2nc1Cc1ccc(F)cc1)C(=O)NCc1ccco1. The van der Waals surface area contributed by atoms with Crippen LogP contribution in [0.3, 0.4) is 0 Å². The monoisotopic (exact) mass is 421 g/mol. The number of aromatic nitrogens is 2. The number of nitrogens with zero attached hydrogens (tertiary/aromatic N) is 2. The maximum absolute atomic E-state index is 13.3. The molecule has 4 rings (SSSR count). The van der Waals surface area contributed by atoms with Crippen LogP contribution in [0.1, 0.15) is 23.9 Å². The Hall–Kier alpha value is -3.19. The van der Waals surface area contributed by atoms with Crippen molar-refractivity contribution >= 4 is 28.7 Å². The van der Waals surface area contributed by atoms with Crippen molar-refractivity contribution in [2.75, 3.05) is 0 Å². The molecule has 30 heavy (non-hydrogen) atoms. The number of carbonyl (C=O) groups is 1. The number of thioether (sulfide) groups is 1. The average Bonchev–Trinajstić information content (AvgIpc) is 3.27. The largest absolute Gasteiger partial charge is 0.467 e. The lowest BCUT2D eigenvalue weighted by Crippen LogP contribution is -2.30. The molecule has 0 aliphatic carbocycles. The molecule has 0 fully saturated rings. The second kappa shape index (κ2) is 9.09. The Morgan fingerprint density at radius 2 is 1.80 bits per heavy atom. The normalized spacial score (nSPS) is 12.1. The minimum atomic E-state index is -0.373. The average molecular weight is 421 g/mol. The molecule has 0 aliphatic rings. The van der Waals surface area contributed by atoms with Gasteiger partial charge in [-0.25, -0.2) is 14.4 Å². The van der Waals surface area contributed by atoms with Crippen LogP contribution in [0.4, 0.5) is 4.39 Å². The number of amides is 1. The van der Waals surface area contributed by atoms with E-state index in [-0.39, 0.29) is 17.0 Å². The minimum Gasteiger partial charge on any atom is -0.467 e. The van der Waals surface area contributed by atoms with Gasteiger partial charge in [-0.1, -0.05) is 36.0 Å². The van der Waals surface area contributed by atoms with Crippen LogP contribution in [0.25, 0.3) is 11.0 Å². The predicted octanol–water partition coefficient (Wildman–Crippen LogP) is 4.75. The van der Waals surface area contributed by atoms with Crippen molar-refractivity contribution in [2.24, 2.45) is 0 Å². The molecule has 2 aromatic heterocycles. The molecule has 1 N–H and O–H groups in total. The zero-order valence-electron chi connectivity index (χ0n) is 16.3. The summed E-state index contributed by atoms with van der Waals surface area (Å²) in [5, 5.41) is 3.19. The summed E-state index contributed by atoms with van der Waals surface area (Å²) in [5.41, 5.74) is 3.24. The van der Waals surface area contributed by atoms with Crippen LogP contribution in [0.5, 0.6) is 0 Å². The van der Waals surface area contributed by atoms with E-state index < -0.39 is 0 Å². The Kier molecular flexibility index (Phi) is 6.09. The first-order valence-corrected chi connectivity index (χ1v) is 10.4. The van der Waals surface area contributed by atoms with Gasteiger partial charge in [0.25, 0.3) is 0 Å². The first-order chi connectivity index (χ1) is 14.6. The molecule has 0 radical (unpaired) electrons. The van der Waals surface area contributed by atoms with Crippen molar-refractivity contribution < 1.29 is 13.6 Å². The molecule has 7 heteroatoms. The van der Waals surface area contributed by atoms with Gasteiger partial charge in [-0.15, -0.1) is 0 Å². The highest BCUT2D eigenvalue weighted by Crippen LogP contribution is 2.28. The van der Waals surface area contributed by atoms with Crippen LogP contribution < -0.4 is 5.32 Å². The van der Waals surface area contributed by atoms with Gasteiger partial charge in [0.05, 0.1) is 34.8 Å². The third-order valence-corrected chi connectivity index (χ3v) is 5.68. The Balaban J connectivity index is 1.56. The van der Waals surface area contributed by atoms with Crippen LogP contribution in [-0.4, -0.2) is 21.1 Å². The molecule has 5 nitrogen and oxygen atoms in total. The Morgan fingerprint density at radius 3 is 2.50 bits per heavy atom. The van der Waals surface area contributed by atoms with Gasteiger partial charge in [-0.05, 0) is 48.9 Å². The van der Waals surface area contributed by atoms with E-state index in [4.69, 9.17) is 14.4 Å². The fourth-order valence-electron chi connectivity index (χ4n) is 2.98. The second-order valence-electron chi connectivity index (χ2n) is 6.82. The van der Waals surface area contributed by atoms with Gasteiger partial charge in [-0.2, -0.15) is 0 Å². The van der Waals surface area contributed by atoms with Crippen molar-refractivity contribution in [2.45, 2.75) is 30.2 Å². The summed E-state index contributed by atoms with van der Waals surface area (Å²) in [5.74, 6) is 0.307. The number of hydrogen-bond donors (Lipinski definition) is 1. The number of rotatable bonds is 7. The fraction of sp³-hybridized carbons (Fsp3) is 0.174. The number of benzene rings is 2. The molecule has 2 aromatic carbocycles. The van der Waals surface area contributed by atoms with Crippen LogP contribution in [0.15, 0.2) is 76.4 Å². The molecular weight excluding hydrogens is 401 g/mol. The minimum absolute atomic E-state index is 0.112. The molecule has 0 bridgehead atoms. The molecule has 0 saturated heterocycles. The van der Waals surface area contributed by atoms with Crippen molar-refractivity contribution in [1.29, 1.82) is 0 Å². The van der Waals surface area contributed by atoms with E-state index in [0.717, 1.165) is 22.3 Å². The van der Waals surface area contributed by atoms with Gasteiger partial charge < -0.3 is 9.73 Å². The van der Waals surface area contributed by atoms with Gasteiger partial charge in [0.2, 0.25) is 5.91 Å². The lowest BCUT2D eigenvalue weighted by Gasteiger charge is -2.14. The maximum Gasteiger partial charge on any atom is 0.233 e. The second-order valence-corrected chi connectivity index (χ2v) is 8.15. The molecule has 1 atom stereocenters. The zero-order valence-corrected chi connectivity index (χ0v) is 17.2. The molecular formula is C23H20FN3O2S. The van der Waals surface area contributed by atoms with E-state index in [1.165, 1.54) is 23.9 Å². The van der Waals surface area contributed by atoms with Crippen molar-refractivity contribution in [3.05, 3.63) is 89.8 Å². The molecule has 0 saturated carbocycles. The Bertz CT molecular complexity index is 1150. The first kappa shape index (κ1) is 20.1. The molecule has 0 aliphatic heterocycles. The van der Waals surface area contributed by atoms with Gasteiger partial charge in [0.1, 0.15) is 16.6 Å². The highest BCUT2D eigenvalue weighted by Gasteiger charge is 2.19. The lowest BCUT2D eigenvalue weighted by molar-refractivity contribution is -0.120. The topological polar surface area (TPSA) is 68.0 Å². The van der Waals surface area contributed by atoms with Crippen LogP contribution >= 0.6 is 11.8 Å². The van der Waals surface area contributed by atoms with Gasteiger partial charge >= 0.3 is 0 Å². The summed E-state index contributed by atoms with van der Waals surface area (Å²) in [4.78, 5) is 22.1. The highest BCUT2D eigenvalue weighted by atomic mass is 32.2. The summed E-state index contributed by atoms with van der Waals surface area (Å²) in [7, 11) is 0. The number of fused-ring (bicyclic) bond motifs is 1. The molecule has 152 valence electrons. The summed E-state index contributed by atoms with van der Waals surface area (Å²) in [6, 6.07) is 17.6.